The van der Waals surface area contributed by atoms with E-state index in [-0.39, 0.29) is 0 Å². The molecular formula is C16H13N5. The fourth-order valence-electron chi connectivity index (χ4n) is 2.11. The van der Waals surface area contributed by atoms with Crippen molar-refractivity contribution in [2.24, 2.45) is 0 Å². The van der Waals surface area contributed by atoms with Crippen LogP contribution in [0.4, 0.5) is 5.69 Å². The molecule has 1 aromatic heterocycles. The fraction of sp³-hybridized carbons (Fsp3) is 0.0625. The van der Waals surface area contributed by atoms with Crippen molar-refractivity contribution in [2.75, 3.05) is 5.73 Å². The van der Waals surface area contributed by atoms with Crippen LogP contribution in [0.5, 0.6) is 0 Å². The first-order valence-corrected chi connectivity index (χ1v) is 6.46. The smallest absolute Gasteiger partial charge is 0.181 e. The predicted octanol–water partition coefficient (Wildman–Crippen LogP) is 2.70. The van der Waals surface area contributed by atoms with E-state index in [4.69, 9.17) is 5.73 Å². The summed E-state index contributed by atoms with van der Waals surface area (Å²) in [5, 5.41) is 13.6. The van der Waals surface area contributed by atoms with E-state index in [0.29, 0.717) is 17.1 Å². The SMILES string of the molecule is Cc1ccc(C#N)c(-n2cnc(-c3cccc(N)c3)n2)c1. The van der Waals surface area contributed by atoms with Crippen LogP contribution in [0.15, 0.2) is 48.8 Å². The van der Waals surface area contributed by atoms with Gasteiger partial charge >= 0.3 is 0 Å². The van der Waals surface area contributed by atoms with Gasteiger partial charge in [0.15, 0.2) is 5.82 Å². The number of hydrogen-bond acceptors (Lipinski definition) is 4. The van der Waals surface area contributed by atoms with E-state index in [0.717, 1.165) is 16.8 Å². The molecule has 3 aromatic rings. The molecule has 0 aliphatic heterocycles. The first kappa shape index (κ1) is 12.9. The third-order valence-corrected chi connectivity index (χ3v) is 3.16. The molecule has 0 spiro atoms. The summed E-state index contributed by atoms with van der Waals surface area (Å²) in [4.78, 5) is 4.30. The van der Waals surface area contributed by atoms with E-state index < -0.39 is 0 Å². The molecule has 0 fully saturated rings. The number of nitrogens with two attached hydrogens (primary N) is 1. The van der Waals surface area contributed by atoms with Crippen molar-refractivity contribution in [3.8, 4) is 23.1 Å². The van der Waals surface area contributed by atoms with Crippen LogP contribution < -0.4 is 5.73 Å². The zero-order chi connectivity index (χ0) is 14.8. The quantitative estimate of drug-likeness (QED) is 0.729. The highest BCUT2D eigenvalue weighted by atomic mass is 15.3. The van der Waals surface area contributed by atoms with Crippen LogP contribution >= 0.6 is 0 Å². The highest BCUT2D eigenvalue weighted by Crippen LogP contribution is 2.20. The summed E-state index contributed by atoms with van der Waals surface area (Å²) >= 11 is 0. The Morgan fingerprint density at radius 2 is 2.05 bits per heavy atom. The summed E-state index contributed by atoms with van der Waals surface area (Å²) in [6.07, 6.45) is 1.61. The Balaban J connectivity index is 2.07. The van der Waals surface area contributed by atoms with Gasteiger partial charge in [-0.05, 0) is 36.8 Å². The molecule has 0 amide bonds. The number of benzene rings is 2. The summed E-state index contributed by atoms with van der Waals surface area (Å²) in [6.45, 7) is 1.97. The molecule has 0 aliphatic rings. The van der Waals surface area contributed by atoms with Gasteiger partial charge in [-0.25, -0.2) is 9.67 Å². The second-order valence-corrected chi connectivity index (χ2v) is 4.77. The maximum atomic E-state index is 9.20. The lowest BCUT2D eigenvalue weighted by molar-refractivity contribution is 0.877. The topological polar surface area (TPSA) is 80.5 Å². The summed E-state index contributed by atoms with van der Waals surface area (Å²) in [7, 11) is 0. The molecule has 0 saturated heterocycles. The standard InChI is InChI=1S/C16H13N5/c1-11-5-6-13(9-17)15(7-11)21-10-19-16(20-21)12-3-2-4-14(18)8-12/h2-8,10H,18H2,1H3. The Kier molecular flexibility index (Phi) is 3.13. The van der Waals surface area contributed by atoms with E-state index in [2.05, 4.69) is 16.2 Å². The van der Waals surface area contributed by atoms with Crippen LogP contribution in [0.2, 0.25) is 0 Å². The van der Waals surface area contributed by atoms with Gasteiger partial charge in [-0.15, -0.1) is 5.10 Å². The van der Waals surface area contributed by atoms with E-state index >= 15 is 0 Å². The van der Waals surface area contributed by atoms with Crippen molar-refractivity contribution >= 4 is 5.69 Å². The Bertz CT molecular complexity index is 842. The summed E-state index contributed by atoms with van der Waals surface area (Å²) < 4.78 is 1.62. The maximum Gasteiger partial charge on any atom is 0.181 e. The van der Waals surface area contributed by atoms with Crippen molar-refractivity contribution in [1.29, 1.82) is 5.26 Å². The molecule has 0 bridgehead atoms. The molecule has 0 radical (unpaired) electrons. The van der Waals surface area contributed by atoms with Gasteiger partial charge < -0.3 is 5.73 Å². The molecule has 2 aromatic carbocycles. The van der Waals surface area contributed by atoms with E-state index in [9.17, 15) is 5.26 Å². The molecule has 0 unspecified atom stereocenters. The molecule has 5 heteroatoms. The molecule has 21 heavy (non-hydrogen) atoms. The lowest BCUT2D eigenvalue weighted by Crippen LogP contribution is -1.99. The summed E-state index contributed by atoms with van der Waals surface area (Å²) in [5.41, 5.74) is 9.63. The third kappa shape index (κ3) is 2.47. The molecule has 0 saturated carbocycles. The second kappa shape index (κ2) is 5.10. The van der Waals surface area contributed by atoms with Gasteiger partial charge in [0.05, 0.1) is 11.3 Å². The number of nitrogen functional groups attached to an aromatic ring is 1. The molecule has 2 N–H and O–H groups in total. The van der Waals surface area contributed by atoms with E-state index in [1.807, 2.05) is 43.3 Å². The highest BCUT2D eigenvalue weighted by molar-refractivity contribution is 5.61. The number of hydrogen-bond donors (Lipinski definition) is 1. The average Bonchev–Trinajstić information content (AvgIpc) is 2.97. The van der Waals surface area contributed by atoms with Crippen molar-refractivity contribution in [2.45, 2.75) is 6.92 Å². The van der Waals surface area contributed by atoms with Gasteiger partial charge in [-0.2, -0.15) is 5.26 Å². The van der Waals surface area contributed by atoms with Gasteiger partial charge in [0.2, 0.25) is 0 Å². The van der Waals surface area contributed by atoms with Crippen LogP contribution in [-0.4, -0.2) is 14.8 Å². The Hall–Kier alpha value is -3.13. The van der Waals surface area contributed by atoms with Crippen molar-refractivity contribution in [3.05, 3.63) is 59.9 Å². The second-order valence-electron chi connectivity index (χ2n) is 4.77. The zero-order valence-corrected chi connectivity index (χ0v) is 11.5. The molecular weight excluding hydrogens is 262 g/mol. The third-order valence-electron chi connectivity index (χ3n) is 3.16. The van der Waals surface area contributed by atoms with Gasteiger partial charge in [0.25, 0.3) is 0 Å². The number of aryl methyl sites for hydroxylation is 1. The van der Waals surface area contributed by atoms with Gasteiger partial charge in [-0.3, -0.25) is 0 Å². The molecule has 0 aliphatic carbocycles. The average molecular weight is 275 g/mol. The van der Waals surface area contributed by atoms with Crippen LogP contribution in [0.3, 0.4) is 0 Å². The monoisotopic (exact) mass is 275 g/mol. The molecule has 0 atom stereocenters. The van der Waals surface area contributed by atoms with Crippen LogP contribution in [0, 0.1) is 18.3 Å². The maximum absolute atomic E-state index is 9.20. The van der Waals surface area contributed by atoms with Crippen molar-refractivity contribution < 1.29 is 0 Å². The first-order chi connectivity index (χ1) is 10.2. The van der Waals surface area contributed by atoms with E-state index in [1.54, 1.807) is 17.1 Å². The Morgan fingerprint density at radius 3 is 2.81 bits per heavy atom. The molecule has 1 heterocycles. The van der Waals surface area contributed by atoms with Crippen molar-refractivity contribution in [1.82, 2.24) is 14.8 Å². The van der Waals surface area contributed by atoms with Crippen LogP contribution in [0.25, 0.3) is 17.1 Å². The minimum Gasteiger partial charge on any atom is -0.399 e. The van der Waals surface area contributed by atoms with Gasteiger partial charge in [0.1, 0.15) is 12.4 Å². The van der Waals surface area contributed by atoms with E-state index in [1.165, 1.54) is 0 Å². The number of rotatable bonds is 2. The Labute approximate surface area is 122 Å². The minimum atomic E-state index is 0.560. The largest absolute Gasteiger partial charge is 0.399 e. The lowest BCUT2D eigenvalue weighted by atomic mass is 10.1. The van der Waals surface area contributed by atoms with Crippen LogP contribution in [0.1, 0.15) is 11.1 Å². The normalized spacial score (nSPS) is 10.3. The van der Waals surface area contributed by atoms with Gasteiger partial charge in [0, 0.05) is 11.3 Å². The zero-order valence-electron chi connectivity index (χ0n) is 11.5. The number of nitrogens with zero attached hydrogens (tertiary/aromatic N) is 4. The number of nitriles is 1. The Morgan fingerprint density at radius 1 is 1.19 bits per heavy atom. The summed E-state index contributed by atoms with van der Waals surface area (Å²) in [6, 6.07) is 15.2. The van der Waals surface area contributed by atoms with Crippen molar-refractivity contribution in [3.63, 3.8) is 0 Å². The molecule has 102 valence electrons. The molecule has 5 nitrogen and oxygen atoms in total. The lowest BCUT2D eigenvalue weighted by Gasteiger charge is -2.04. The fourth-order valence-corrected chi connectivity index (χ4v) is 2.11. The van der Waals surface area contributed by atoms with Crippen LogP contribution in [-0.2, 0) is 0 Å². The minimum absolute atomic E-state index is 0.560. The number of anilines is 1. The highest BCUT2D eigenvalue weighted by Gasteiger charge is 2.09. The summed E-state index contributed by atoms with van der Waals surface area (Å²) in [5.74, 6) is 0.577. The predicted molar refractivity (Wildman–Crippen MR) is 80.7 cm³/mol. The molecule has 3 rings (SSSR count). The van der Waals surface area contributed by atoms with Gasteiger partial charge in [-0.1, -0.05) is 18.2 Å². The number of aromatic nitrogens is 3. The first-order valence-electron chi connectivity index (χ1n) is 6.46.